The lowest BCUT2D eigenvalue weighted by atomic mass is 10.3. The first kappa shape index (κ1) is 16.1. The highest BCUT2D eigenvalue weighted by molar-refractivity contribution is 7.49. The van der Waals surface area contributed by atoms with Gasteiger partial charge in [0.25, 0.3) is 0 Å². The monoisotopic (exact) mass is 308 g/mol. The van der Waals surface area contributed by atoms with E-state index in [-0.39, 0.29) is 24.4 Å². The lowest BCUT2D eigenvalue weighted by molar-refractivity contribution is 0.187. The van der Waals surface area contributed by atoms with Crippen LogP contribution in [-0.2, 0) is 18.1 Å². The summed E-state index contributed by atoms with van der Waals surface area (Å²) in [6.45, 7) is 12.8. The van der Waals surface area contributed by atoms with E-state index in [0.717, 1.165) is 6.42 Å². The van der Waals surface area contributed by atoms with E-state index in [1.54, 1.807) is 0 Å². The average Bonchev–Trinajstić information content (AvgIpc) is 2.84. The number of hydrogen-bond donors (Lipinski definition) is 0. The van der Waals surface area contributed by atoms with Crippen LogP contribution in [0.2, 0.25) is 0 Å². The zero-order valence-corrected chi connectivity index (χ0v) is 14.5. The van der Waals surface area contributed by atoms with E-state index in [9.17, 15) is 0 Å². The van der Waals surface area contributed by atoms with Gasteiger partial charge in [-0.15, -0.1) is 0 Å². The van der Waals surface area contributed by atoms with Gasteiger partial charge < -0.3 is 18.1 Å². The standard InChI is InChI=1S/C13H26O4P2/c1-8(18-14-10(3)11(4)15-18)7-9(2)19-16-12(5)13(6)17-19/h8-13H,7H2,1-6H3/t8-,9+,10-,11-,12-,13-/m1/s1. The van der Waals surface area contributed by atoms with Crippen molar-refractivity contribution in [2.75, 3.05) is 0 Å². The Morgan fingerprint density at radius 1 is 0.684 bits per heavy atom. The van der Waals surface area contributed by atoms with Crippen molar-refractivity contribution in [1.29, 1.82) is 0 Å². The third kappa shape index (κ3) is 3.87. The summed E-state index contributed by atoms with van der Waals surface area (Å²) in [6.07, 6.45) is 1.90. The van der Waals surface area contributed by atoms with Gasteiger partial charge >= 0.3 is 0 Å². The van der Waals surface area contributed by atoms with Crippen molar-refractivity contribution >= 4 is 16.8 Å². The molecule has 0 aromatic rings. The molecule has 0 unspecified atom stereocenters. The minimum atomic E-state index is -0.755. The second-order valence-corrected chi connectivity index (χ2v) is 9.49. The molecule has 2 heterocycles. The summed E-state index contributed by atoms with van der Waals surface area (Å²) in [6, 6.07) is 0. The molecule has 0 bridgehead atoms. The van der Waals surface area contributed by atoms with Crippen molar-refractivity contribution in [2.45, 2.75) is 83.7 Å². The fourth-order valence-electron chi connectivity index (χ4n) is 2.13. The minimum absolute atomic E-state index is 0.216. The molecule has 6 atom stereocenters. The first-order valence-corrected chi connectivity index (χ1v) is 9.63. The first-order valence-electron chi connectivity index (χ1n) is 7.14. The van der Waals surface area contributed by atoms with Gasteiger partial charge in [-0.2, -0.15) is 0 Å². The van der Waals surface area contributed by atoms with Crippen LogP contribution in [0.3, 0.4) is 0 Å². The van der Waals surface area contributed by atoms with E-state index in [2.05, 4.69) is 41.5 Å². The third-order valence-corrected chi connectivity index (χ3v) is 7.83. The molecular formula is C13H26O4P2. The molecule has 112 valence electrons. The maximum Gasteiger partial charge on any atom is 0.174 e. The van der Waals surface area contributed by atoms with Crippen LogP contribution in [-0.4, -0.2) is 35.7 Å². The normalized spacial score (nSPS) is 40.7. The van der Waals surface area contributed by atoms with Crippen molar-refractivity contribution in [1.82, 2.24) is 0 Å². The lowest BCUT2D eigenvalue weighted by Gasteiger charge is -2.23. The molecule has 2 aliphatic rings. The minimum Gasteiger partial charge on any atom is -0.328 e. The van der Waals surface area contributed by atoms with Gasteiger partial charge in [-0.25, -0.2) is 0 Å². The quantitative estimate of drug-likeness (QED) is 0.720. The average molecular weight is 308 g/mol. The van der Waals surface area contributed by atoms with E-state index in [1.165, 1.54) is 0 Å². The highest BCUT2D eigenvalue weighted by Crippen LogP contribution is 2.58. The molecule has 0 N–H and O–H groups in total. The Morgan fingerprint density at radius 2 is 0.947 bits per heavy atom. The van der Waals surface area contributed by atoms with Crippen LogP contribution < -0.4 is 0 Å². The van der Waals surface area contributed by atoms with Gasteiger partial charge in [0.05, 0.1) is 24.4 Å². The summed E-state index contributed by atoms with van der Waals surface area (Å²) >= 11 is 0. The second-order valence-electron chi connectivity index (χ2n) is 5.75. The summed E-state index contributed by atoms with van der Waals surface area (Å²) in [4.78, 5) is 0. The second kappa shape index (κ2) is 6.64. The molecule has 0 aromatic carbocycles. The van der Waals surface area contributed by atoms with Crippen LogP contribution in [0.1, 0.15) is 48.0 Å². The van der Waals surface area contributed by atoms with Crippen LogP contribution in [0, 0.1) is 0 Å². The van der Waals surface area contributed by atoms with Crippen LogP contribution in [0.5, 0.6) is 0 Å². The summed E-state index contributed by atoms with van der Waals surface area (Å²) < 4.78 is 23.6. The Bertz CT molecular complexity index is 256. The Kier molecular flexibility index (Phi) is 5.62. The van der Waals surface area contributed by atoms with Crippen LogP contribution in [0.15, 0.2) is 0 Å². The fourth-order valence-corrected chi connectivity index (χ4v) is 6.20. The predicted molar refractivity (Wildman–Crippen MR) is 79.6 cm³/mol. The molecule has 6 heteroatoms. The largest absolute Gasteiger partial charge is 0.328 e. The molecule has 2 fully saturated rings. The van der Waals surface area contributed by atoms with E-state index >= 15 is 0 Å². The number of rotatable bonds is 4. The topological polar surface area (TPSA) is 36.9 Å². The van der Waals surface area contributed by atoms with Gasteiger partial charge in [0.15, 0.2) is 16.8 Å². The fraction of sp³-hybridized carbons (Fsp3) is 1.00. The molecule has 0 saturated carbocycles. The van der Waals surface area contributed by atoms with Crippen molar-refractivity contribution in [3.63, 3.8) is 0 Å². The molecular weight excluding hydrogens is 282 g/mol. The highest BCUT2D eigenvalue weighted by Gasteiger charge is 2.39. The molecule has 4 nitrogen and oxygen atoms in total. The van der Waals surface area contributed by atoms with Gasteiger partial charge in [0, 0.05) is 11.3 Å². The van der Waals surface area contributed by atoms with Crippen molar-refractivity contribution in [2.24, 2.45) is 0 Å². The lowest BCUT2D eigenvalue weighted by Crippen LogP contribution is -2.13. The van der Waals surface area contributed by atoms with Gasteiger partial charge in [-0.3, -0.25) is 0 Å². The third-order valence-electron chi connectivity index (χ3n) is 3.80. The molecule has 0 aromatic heterocycles. The Morgan fingerprint density at radius 3 is 1.21 bits per heavy atom. The smallest absolute Gasteiger partial charge is 0.174 e. The van der Waals surface area contributed by atoms with Gasteiger partial charge in [0.1, 0.15) is 0 Å². The molecule has 0 radical (unpaired) electrons. The SMILES string of the molecule is C[C@H](C[C@H](C)P1O[C@H](C)[C@@H](C)O1)P1O[C@H](C)[C@@H](C)O1. The molecule has 2 rings (SSSR count). The summed E-state index contributed by atoms with van der Waals surface area (Å²) in [5, 5.41) is 0. The van der Waals surface area contributed by atoms with Crippen LogP contribution in [0.4, 0.5) is 0 Å². The van der Waals surface area contributed by atoms with Crippen molar-refractivity contribution in [3.8, 4) is 0 Å². The molecule has 2 saturated heterocycles. The van der Waals surface area contributed by atoms with E-state index in [0.29, 0.717) is 11.3 Å². The van der Waals surface area contributed by atoms with E-state index in [1.807, 2.05) is 0 Å². The van der Waals surface area contributed by atoms with Gasteiger partial charge in [-0.05, 0) is 34.1 Å². The summed E-state index contributed by atoms with van der Waals surface area (Å²) in [5.41, 5.74) is 0.858. The maximum atomic E-state index is 5.91. The summed E-state index contributed by atoms with van der Waals surface area (Å²) in [7, 11) is -1.51. The van der Waals surface area contributed by atoms with E-state index in [4.69, 9.17) is 18.1 Å². The molecule has 2 aliphatic heterocycles. The Labute approximate surface area is 119 Å². The molecule has 0 aliphatic carbocycles. The van der Waals surface area contributed by atoms with Crippen molar-refractivity contribution < 1.29 is 18.1 Å². The predicted octanol–water partition coefficient (Wildman–Crippen LogP) is 4.42. The van der Waals surface area contributed by atoms with Crippen molar-refractivity contribution in [3.05, 3.63) is 0 Å². The summed E-state index contributed by atoms with van der Waals surface area (Å²) in [5.74, 6) is 0. The molecule has 0 amide bonds. The maximum absolute atomic E-state index is 5.91. The Hall–Kier alpha value is 0.700. The first-order chi connectivity index (χ1) is 8.88. The zero-order valence-electron chi connectivity index (χ0n) is 12.7. The zero-order chi connectivity index (χ0) is 14.2. The highest BCUT2D eigenvalue weighted by atomic mass is 31.2. The van der Waals surface area contributed by atoms with Gasteiger partial charge in [-0.1, -0.05) is 13.8 Å². The molecule has 19 heavy (non-hydrogen) atoms. The van der Waals surface area contributed by atoms with Crippen LogP contribution in [0.25, 0.3) is 0 Å². The van der Waals surface area contributed by atoms with E-state index < -0.39 is 16.8 Å². The molecule has 0 spiro atoms. The Balaban J connectivity index is 1.81. The van der Waals surface area contributed by atoms with Gasteiger partial charge in [0.2, 0.25) is 0 Å². The number of hydrogen-bond acceptors (Lipinski definition) is 4. The van der Waals surface area contributed by atoms with Crippen LogP contribution >= 0.6 is 16.8 Å².